The molecule has 1 saturated heterocycles. The Labute approximate surface area is 180 Å². The Hall–Kier alpha value is -1.95. The fourth-order valence-electron chi connectivity index (χ4n) is 3.75. The number of carbonyl (C=O) groups is 1. The second-order valence-electron chi connectivity index (χ2n) is 7.24. The second kappa shape index (κ2) is 9.24. The first kappa shape index (κ1) is 20.3. The first-order chi connectivity index (χ1) is 14.1. The van der Waals surface area contributed by atoms with Crippen molar-refractivity contribution in [3.8, 4) is 17.2 Å². The number of benzene rings is 2. The SMILES string of the molecule is O=C(c1ccc2c(c1)OCCO2)C1CCN(CCOc2c(Cl)cccc2Cl)CC1. The van der Waals surface area contributed by atoms with E-state index in [2.05, 4.69) is 4.90 Å². The van der Waals surface area contributed by atoms with Crippen LogP contribution in [-0.4, -0.2) is 50.1 Å². The zero-order chi connectivity index (χ0) is 20.2. The molecule has 1 fully saturated rings. The number of para-hydroxylation sites is 1. The fourth-order valence-corrected chi connectivity index (χ4v) is 4.25. The third-order valence-electron chi connectivity index (χ3n) is 5.36. The summed E-state index contributed by atoms with van der Waals surface area (Å²) in [5.74, 6) is 2.11. The van der Waals surface area contributed by atoms with Crippen molar-refractivity contribution in [3.63, 3.8) is 0 Å². The van der Waals surface area contributed by atoms with Crippen molar-refractivity contribution in [3.05, 3.63) is 52.0 Å². The van der Waals surface area contributed by atoms with Crippen molar-refractivity contribution in [1.82, 2.24) is 4.90 Å². The summed E-state index contributed by atoms with van der Waals surface area (Å²) in [6.45, 7) is 4.06. The van der Waals surface area contributed by atoms with Crippen molar-refractivity contribution in [2.45, 2.75) is 12.8 Å². The van der Waals surface area contributed by atoms with Gasteiger partial charge in [-0.3, -0.25) is 9.69 Å². The van der Waals surface area contributed by atoms with Gasteiger partial charge < -0.3 is 14.2 Å². The Morgan fingerprint density at radius 1 is 1.03 bits per heavy atom. The van der Waals surface area contributed by atoms with Crippen LogP contribution in [-0.2, 0) is 0 Å². The van der Waals surface area contributed by atoms with Gasteiger partial charge in [-0.2, -0.15) is 0 Å². The molecule has 7 heteroatoms. The quantitative estimate of drug-likeness (QED) is 0.613. The minimum absolute atomic E-state index is 0.0349. The van der Waals surface area contributed by atoms with Gasteiger partial charge in [-0.05, 0) is 56.3 Å². The molecule has 5 nitrogen and oxygen atoms in total. The summed E-state index contributed by atoms with van der Waals surface area (Å²) in [6, 6.07) is 10.8. The molecule has 2 aliphatic rings. The molecule has 0 radical (unpaired) electrons. The number of ether oxygens (including phenoxy) is 3. The van der Waals surface area contributed by atoms with Gasteiger partial charge in [0.05, 0.1) is 10.0 Å². The van der Waals surface area contributed by atoms with Gasteiger partial charge in [0.25, 0.3) is 0 Å². The smallest absolute Gasteiger partial charge is 0.166 e. The number of likely N-dealkylation sites (tertiary alicyclic amines) is 1. The van der Waals surface area contributed by atoms with Crippen molar-refractivity contribution in [1.29, 1.82) is 0 Å². The number of nitrogens with zero attached hydrogens (tertiary/aromatic N) is 1. The number of halogens is 2. The Balaban J connectivity index is 1.26. The maximum atomic E-state index is 12.9. The lowest BCUT2D eigenvalue weighted by Crippen LogP contribution is -2.38. The number of hydrogen-bond donors (Lipinski definition) is 0. The standard InChI is InChI=1S/C22H23Cl2NO4/c23-17-2-1-3-18(24)22(17)29-11-10-25-8-6-15(7-9-25)21(26)16-4-5-19-20(14-16)28-13-12-27-19/h1-5,14-15H,6-13H2. The zero-order valence-corrected chi connectivity index (χ0v) is 17.5. The van der Waals surface area contributed by atoms with Gasteiger partial charge >= 0.3 is 0 Å². The van der Waals surface area contributed by atoms with E-state index in [1.807, 2.05) is 18.2 Å². The average molecular weight is 436 g/mol. The average Bonchev–Trinajstić information content (AvgIpc) is 2.75. The number of carbonyl (C=O) groups excluding carboxylic acids is 1. The van der Waals surface area contributed by atoms with Crippen LogP contribution in [0, 0.1) is 5.92 Å². The molecule has 0 amide bonds. The summed E-state index contributed by atoms with van der Waals surface area (Å²) in [5, 5.41) is 1.03. The van der Waals surface area contributed by atoms with E-state index in [9.17, 15) is 4.79 Å². The van der Waals surface area contributed by atoms with Crippen LogP contribution in [0.3, 0.4) is 0 Å². The summed E-state index contributed by atoms with van der Waals surface area (Å²) in [7, 11) is 0. The summed E-state index contributed by atoms with van der Waals surface area (Å²) >= 11 is 12.3. The van der Waals surface area contributed by atoms with E-state index in [0.29, 0.717) is 52.7 Å². The van der Waals surface area contributed by atoms with E-state index in [4.69, 9.17) is 37.4 Å². The number of Topliss-reactive ketones (excluding diaryl/α,β-unsaturated/α-hetero) is 1. The first-order valence-electron chi connectivity index (χ1n) is 9.85. The second-order valence-corrected chi connectivity index (χ2v) is 8.05. The van der Waals surface area contributed by atoms with Crippen LogP contribution in [0.25, 0.3) is 0 Å². The highest BCUT2D eigenvalue weighted by atomic mass is 35.5. The predicted octanol–water partition coefficient (Wildman–Crippen LogP) is 4.74. The highest BCUT2D eigenvalue weighted by Crippen LogP contribution is 2.33. The molecule has 154 valence electrons. The van der Waals surface area contributed by atoms with Gasteiger partial charge in [0, 0.05) is 18.0 Å². The van der Waals surface area contributed by atoms with Crippen LogP contribution >= 0.6 is 23.2 Å². The number of fused-ring (bicyclic) bond motifs is 1. The summed E-state index contributed by atoms with van der Waals surface area (Å²) in [4.78, 5) is 15.2. The van der Waals surface area contributed by atoms with E-state index in [1.165, 1.54) is 0 Å². The van der Waals surface area contributed by atoms with Crippen molar-refractivity contribution >= 4 is 29.0 Å². The van der Waals surface area contributed by atoms with Crippen LogP contribution in [0.2, 0.25) is 10.0 Å². The van der Waals surface area contributed by atoms with Crippen LogP contribution in [0.15, 0.2) is 36.4 Å². The van der Waals surface area contributed by atoms with E-state index in [1.54, 1.807) is 18.2 Å². The highest BCUT2D eigenvalue weighted by Gasteiger charge is 2.27. The topological polar surface area (TPSA) is 48.0 Å². The summed E-state index contributed by atoms with van der Waals surface area (Å²) in [5.41, 5.74) is 0.699. The molecule has 2 heterocycles. The number of ketones is 1. The minimum atomic E-state index is 0.0349. The lowest BCUT2D eigenvalue weighted by Gasteiger charge is -2.31. The fraction of sp³-hybridized carbons (Fsp3) is 0.409. The van der Waals surface area contributed by atoms with E-state index < -0.39 is 0 Å². The Morgan fingerprint density at radius 2 is 1.72 bits per heavy atom. The molecule has 0 bridgehead atoms. The molecule has 4 rings (SSSR count). The molecule has 0 aromatic heterocycles. The molecule has 0 aliphatic carbocycles. The van der Waals surface area contributed by atoms with Gasteiger partial charge in [-0.1, -0.05) is 29.3 Å². The Morgan fingerprint density at radius 3 is 2.45 bits per heavy atom. The van der Waals surface area contributed by atoms with Gasteiger partial charge in [0.1, 0.15) is 19.8 Å². The monoisotopic (exact) mass is 435 g/mol. The Bertz CT molecular complexity index is 861. The van der Waals surface area contributed by atoms with Gasteiger partial charge in [0.2, 0.25) is 0 Å². The van der Waals surface area contributed by atoms with Gasteiger partial charge in [-0.15, -0.1) is 0 Å². The van der Waals surface area contributed by atoms with Crippen LogP contribution in [0.4, 0.5) is 0 Å². The maximum Gasteiger partial charge on any atom is 0.166 e. The summed E-state index contributed by atoms with van der Waals surface area (Å²) < 4.78 is 16.9. The maximum absolute atomic E-state index is 12.9. The number of piperidine rings is 1. The molecule has 0 spiro atoms. The molecule has 0 saturated carbocycles. The molecular weight excluding hydrogens is 413 g/mol. The molecule has 0 N–H and O–H groups in total. The Kier molecular flexibility index (Phi) is 6.48. The highest BCUT2D eigenvalue weighted by molar-refractivity contribution is 6.37. The first-order valence-corrected chi connectivity index (χ1v) is 10.6. The predicted molar refractivity (Wildman–Crippen MR) is 113 cm³/mol. The van der Waals surface area contributed by atoms with Crippen molar-refractivity contribution < 1.29 is 19.0 Å². The summed E-state index contributed by atoms with van der Waals surface area (Å²) in [6.07, 6.45) is 1.67. The van der Waals surface area contributed by atoms with E-state index in [-0.39, 0.29) is 11.7 Å². The lowest BCUT2D eigenvalue weighted by molar-refractivity contribution is 0.0826. The lowest BCUT2D eigenvalue weighted by atomic mass is 9.88. The van der Waals surface area contributed by atoms with Gasteiger partial charge in [0.15, 0.2) is 23.0 Å². The molecule has 0 atom stereocenters. The molecule has 2 aliphatic heterocycles. The minimum Gasteiger partial charge on any atom is -0.489 e. The third-order valence-corrected chi connectivity index (χ3v) is 5.95. The largest absolute Gasteiger partial charge is 0.489 e. The third kappa shape index (κ3) is 4.80. The van der Waals surface area contributed by atoms with Crippen LogP contribution in [0.5, 0.6) is 17.2 Å². The number of rotatable bonds is 6. The number of hydrogen-bond acceptors (Lipinski definition) is 5. The van der Waals surface area contributed by atoms with Crippen LogP contribution in [0.1, 0.15) is 23.2 Å². The van der Waals surface area contributed by atoms with E-state index >= 15 is 0 Å². The molecule has 2 aromatic rings. The van der Waals surface area contributed by atoms with Crippen molar-refractivity contribution in [2.75, 3.05) is 39.5 Å². The molecular formula is C22H23Cl2NO4. The molecule has 29 heavy (non-hydrogen) atoms. The zero-order valence-electron chi connectivity index (χ0n) is 16.0. The van der Waals surface area contributed by atoms with Crippen LogP contribution < -0.4 is 14.2 Å². The molecule has 0 unspecified atom stereocenters. The van der Waals surface area contributed by atoms with Crippen molar-refractivity contribution in [2.24, 2.45) is 5.92 Å². The normalized spacial score (nSPS) is 17.2. The molecule has 2 aromatic carbocycles. The van der Waals surface area contributed by atoms with E-state index in [0.717, 1.165) is 32.5 Å². The van der Waals surface area contributed by atoms with Gasteiger partial charge in [-0.25, -0.2) is 0 Å².